The van der Waals surface area contributed by atoms with E-state index in [0.29, 0.717) is 12.8 Å². The molecule has 1 rings (SSSR count). The van der Waals surface area contributed by atoms with Gasteiger partial charge in [-0.3, -0.25) is 10.1 Å². The van der Waals surface area contributed by atoms with E-state index in [9.17, 15) is 18.5 Å². The van der Waals surface area contributed by atoms with Crippen molar-refractivity contribution in [1.82, 2.24) is 4.72 Å². The highest BCUT2D eigenvalue weighted by atomic mass is 35.5. The largest absolute Gasteiger partial charge is 0.495 e. The smallest absolute Gasteiger partial charge is 0.273 e. The number of hydrogen-bond donors (Lipinski definition) is 2. The molecule has 1 aromatic carbocycles. The fraction of sp³-hybridized carbons (Fsp3) is 0.538. The molecule has 0 atom stereocenters. The summed E-state index contributed by atoms with van der Waals surface area (Å²) in [6.45, 7) is 3.83. The zero-order valence-electron chi connectivity index (χ0n) is 13.2. The van der Waals surface area contributed by atoms with Crippen molar-refractivity contribution in [2.75, 3.05) is 13.7 Å². The summed E-state index contributed by atoms with van der Waals surface area (Å²) in [5.41, 5.74) is 4.70. The molecule has 0 spiro atoms. The van der Waals surface area contributed by atoms with Crippen molar-refractivity contribution in [3.05, 3.63) is 28.3 Å². The van der Waals surface area contributed by atoms with Crippen molar-refractivity contribution in [3.8, 4) is 5.75 Å². The van der Waals surface area contributed by atoms with E-state index < -0.39 is 20.5 Å². The number of ether oxygens (including phenoxy) is 1. The second-order valence-corrected chi connectivity index (χ2v) is 6.54. The molecular formula is C13H22ClN3O5S. The van der Waals surface area contributed by atoms with Crippen LogP contribution in [0.15, 0.2) is 23.1 Å². The van der Waals surface area contributed by atoms with Crippen LogP contribution in [0.25, 0.3) is 0 Å². The molecular weight excluding hydrogens is 346 g/mol. The predicted molar refractivity (Wildman–Crippen MR) is 89.6 cm³/mol. The van der Waals surface area contributed by atoms with Crippen LogP contribution in [-0.2, 0) is 10.0 Å². The number of benzene rings is 1. The highest BCUT2D eigenvalue weighted by Gasteiger charge is 2.32. The van der Waals surface area contributed by atoms with Crippen molar-refractivity contribution < 1.29 is 18.1 Å². The maximum Gasteiger partial charge on any atom is 0.273 e. The molecule has 0 aromatic heterocycles. The fourth-order valence-electron chi connectivity index (χ4n) is 2.06. The average molecular weight is 368 g/mol. The standard InChI is InChI=1S/C13H21N3O5S.ClH/c1-4-13(5-2,9-14)15-22(19,20)12-7-6-10(16(17)18)8-11(12)21-3;/h6-8,15H,4-5,9,14H2,1-3H3;1H. The number of nitrogens with zero attached hydrogens (tertiary/aromatic N) is 1. The van der Waals surface area contributed by atoms with Gasteiger partial charge in [-0.1, -0.05) is 13.8 Å². The minimum atomic E-state index is -3.92. The molecule has 0 heterocycles. The van der Waals surface area contributed by atoms with E-state index in [2.05, 4.69) is 4.72 Å². The number of methoxy groups -OCH3 is 1. The van der Waals surface area contributed by atoms with Gasteiger partial charge in [-0.2, -0.15) is 0 Å². The summed E-state index contributed by atoms with van der Waals surface area (Å²) < 4.78 is 32.7. The van der Waals surface area contributed by atoms with Crippen LogP contribution in [0, 0.1) is 10.1 Å². The summed E-state index contributed by atoms with van der Waals surface area (Å²) in [6, 6.07) is 3.36. The molecule has 0 bridgehead atoms. The number of nitrogens with one attached hydrogen (secondary N) is 1. The Labute approximate surface area is 142 Å². The van der Waals surface area contributed by atoms with Gasteiger partial charge in [0.25, 0.3) is 5.69 Å². The Hall–Kier alpha value is -1.42. The first-order chi connectivity index (χ1) is 10.2. The van der Waals surface area contributed by atoms with Crippen LogP contribution in [0.1, 0.15) is 26.7 Å². The fourth-order valence-corrected chi connectivity index (χ4v) is 3.76. The Balaban J connectivity index is 0.00000484. The third-order valence-electron chi connectivity index (χ3n) is 3.74. The van der Waals surface area contributed by atoms with E-state index in [1.54, 1.807) is 0 Å². The van der Waals surface area contributed by atoms with Crippen molar-refractivity contribution in [2.45, 2.75) is 37.1 Å². The number of rotatable bonds is 8. The Morgan fingerprint density at radius 1 is 1.35 bits per heavy atom. The van der Waals surface area contributed by atoms with E-state index in [0.717, 1.165) is 18.2 Å². The third-order valence-corrected chi connectivity index (χ3v) is 5.36. The minimum Gasteiger partial charge on any atom is -0.495 e. The van der Waals surface area contributed by atoms with Crippen LogP contribution in [0.4, 0.5) is 5.69 Å². The molecule has 0 saturated carbocycles. The van der Waals surface area contributed by atoms with E-state index in [4.69, 9.17) is 10.5 Å². The number of sulfonamides is 1. The topological polar surface area (TPSA) is 125 Å². The van der Waals surface area contributed by atoms with Gasteiger partial charge < -0.3 is 10.5 Å². The van der Waals surface area contributed by atoms with Gasteiger partial charge in [0, 0.05) is 18.2 Å². The molecule has 0 unspecified atom stereocenters. The molecule has 132 valence electrons. The molecule has 0 aliphatic carbocycles. The molecule has 0 saturated heterocycles. The second-order valence-electron chi connectivity index (χ2n) is 4.89. The van der Waals surface area contributed by atoms with Gasteiger partial charge in [0.05, 0.1) is 18.1 Å². The number of non-ortho nitro benzene ring substituents is 1. The number of halogens is 1. The zero-order valence-corrected chi connectivity index (χ0v) is 14.9. The van der Waals surface area contributed by atoms with Gasteiger partial charge in [-0.05, 0) is 18.9 Å². The normalized spacial score (nSPS) is 11.7. The Morgan fingerprint density at radius 3 is 2.30 bits per heavy atom. The molecule has 23 heavy (non-hydrogen) atoms. The maximum absolute atomic E-state index is 12.6. The summed E-state index contributed by atoms with van der Waals surface area (Å²) in [6.07, 6.45) is 1.04. The lowest BCUT2D eigenvalue weighted by atomic mass is 9.95. The molecule has 8 nitrogen and oxygen atoms in total. The lowest BCUT2D eigenvalue weighted by Crippen LogP contribution is -2.52. The lowest BCUT2D eigenvalue weighted by Gasteiger charge is -2.31. The zero-order chi connectivity index (χ0) is 17.0. The molecule has 0 amide bonds. The Bertz CT molecular complexity index is 639. The van der Waals surface area contributed by atoms with Crippen molar-refractivity contribution in [2.24, 2.45) is 5.73 Å². The van der Waals surface area contributed by atoms with Crippen LogP contribution in [0.5, 0.6) is 5.75 Å². The summed E-state index contributed by atoms with van der Waals surface area (Å²) in [5.74, 6) is -0.0835. The molecule has 10 heteroatoms. The highest BCUT2D eigenvalue weighted by molar-refractivity contribution is 7.89. The summed E-state index contributed by atoms with van der Waals surface area (Å²) in [4.78, 5) is 10.00. The van der Waals surface area contributed by atoms with Gasteiger partial charge in [0.2, 0.25) is 10.0 Å². The molecule has 3 N–H and O–H groups in total. The first kappa shape index (κ1) is 21.6. The number of nitrogens with two attached hydrogens (primary N) is 1. The molecule has 0 fully saturated rings. The third kappa shape index (κ3) is 4.77. The van der Waals surface area contributed by atoms with Crippen LogP contribution < -0.4 is 15.2 Å². The van der Waals surface area contributed by atoms with Gasteiger partial charge >= 0.3 is 0 Å². The Kier molecular flexibility index (Phi) is 7.92. The summed E-state index contributed by atoms with van der Waals surface area (Å²) >= 11 is 0. The SMILES string of the molecule is CCC(CC)(CN)NS(=O)(=O)c1ccc([N+](=O)[O-])cc1OC.Cl. The maximum atomic E-state index is 12.6. The van der Waals surface area contributed by atoms with Gasteiger partial charge in [0.15, 0.2) is 0 Å². The van der Waals surface area contributed by atoms with Crippen LogP contribution in [0.2, 0.25) is 0 Å². The van der Waals surface area contributed by atoms with Crippen molar-refractivity contribution in [3.63, 3.8) is 0 Å². The molecule has 1 aromatic rings. The first-order valence-electron chi connectivity index (χ1n) is 6.81. The lowest BCUT2D eigenvalue weighted by molar-refractivity contribution is -0.385. The van der Waals surface area contributed by atoms with Gasteiger partial charge in [-0.15, -0.1) is 12.4 Å². The van der Waals surface area contributed by atoms with Crippen molar-refractivity contribution >= 4 is 28.1 Å². The van der Waals surface area contributed by atoms with Crippen LogP contribution in [-0.4, -0.2) is 32.5 Å². The quantitative estimate of drug-likeness (QED) is 0.533. The van der Waals surface area contributed by atoms with Crippen molar-refractivity contribution in [1.29, 1.82) is 0 Å². The van der Waals surface area contributed by atoms with E-state index >= 15 is 0 Å². The van der Waals surface area contributed by atoms with Gasteiger partial charge in [0.1, 0.15) is 10.6 Å². The number of nitro benzene ring substituents is 1. The monoisotopic (exact) mass is 367 g/mol. The molecule has 0 aliphatic rings. The van der Waals surface area contributed by atoms with E-state index in [1.807, 2.05) is 13.8 Å². The Morgan fingerprint density at radius 2 is 1.91 bits per heavy atom. The van der Waals surface area contributed by atoms with E-state index in [1.165, 1.54) is 7.11 Å². The molecule has 0 aliphatic heterocycles. The highest BCUT2D eigenvalue weighted by Crippen LogP contribution is 2.29. The summed E-state index contributed by atoms with van der Waals surface area (Å²) in [5, 5.41) is 10.8. The number of hydrogen-bond acceptors (Lipinski definition) is 6. The predicted octanol–water partition coefficient (Wildman–Crippen LogP) is 1.82. The van der Waals surface area contributed by atoms with Gasteiger partial charge in [-0.25, -0.2) is 13.1 Å². The first-order valence-corrected chi connectivity index (χ1v) is 8.30. The molecule has 0 radical (unpaired) electrons. The van der Waals surface area contributed by atoms with Crippen LogP contribution >= 0.6 is 12.4 Å². The average Bonchev–Trinajstić information content (AvgIpc) is 2.52. The van der Waals surface area contributed by atoms with E-state index in [-0.39, 0.29) is 35.3 Å². The summed E-state index contributed by atoms with van der Waals surface area (Å²) in [7, 11) is -2.66. The van der Waals surface area contributed by atoms with Crippen LogP contribution in [0.3, 0.4) is 0 Å². The minimum absolute atomic E-state index is 0. The second kappa shape index (κ2) is 8.44. The number of nitro groups is 1.